The first-order valence-corrected chi connectivity index (χ1v) is 9.08. The molecule has 28 heavy (non-hydrogen) atoms. The number of rotatable bonds is 4. The van der Waals surface area contributed by atoms with E-state index < -0.39 is 5.91 Å². The highest BCUT2D eigenvalue weighted by atomic mass is 35.5. The highest BCUT2D eigenvalue weighted by Gasteiger charge is 2.14. The Morgan fingerprint density at radius 3 is 2.29 bits per heavy atom. The minimum Gasteiger partial charge on any atom is -0.366 e. The number of hydrogen-bond acceptors (Lipinski definition) is 3. The third-order valence-corrected chi connectivity index (χ3v) is 4.91. The van der Waals surface area contributed by atoms with Crippen molar-refractivity contribution in [2.24, 2.45) is 5.73 Å². The van der Waals surface area contributed by atoms with Crippen molar-refractivity contribution in [2.75, 3.05) is 0 Å². The van der Waals surface area contributed by atoms with Crippen molar-refractivity contribution in [3.05, 3.63) is 87.4 Å². The predicted molar refractivity (Wildman–Crippen MR) is 110 cm³/mol. The number of aromatic nitrogens is 2. The molecule has 0 spiro atoms. The van der Waals surface area contributed by atoms with Crippen molar-refractivity contribution < 1.29 is 9.59 Å². The van der Waals surface area contributed by atoms with Gasteiger partial charge in [0.1, 0.15) is 5.82 Å². The minimum absolute atomic E-state index is 0.191. The lowest BCUT2D eigenvalue weighted by molar-refractivity contribution is 0.0998. The van der Waals surface area contributed by atoms with Gasteiger partial charge >= 0.3 is 0 Å². The Balaban J connectivity index is 1.65. The van der Waals surface area contributed by atoms with Crippen molar-refractivity contribution in [3.8, 4) is 11.4 Å². The van der Waals surface area contributed by atoms with E-state index in [9.17, 15) is 9.59 Å². The fourth-order valence-electron chi connectivity index (χ4n) is 2.91. The molecule has 0 saturated carbocycles. The van der Waals surface area contributed by atoms with E-state index in [0.29, 0.717) is 43.6 Å². The van der Waals surface area contributed by atoms with E-state index in [1.807, 2.05) is 0 Å². The zero-order valence-corrected chi connectivity index (χ0v) is 15.9. The summed E-state index contributed by atoms with van der Waals surface area (Å²) in [5.41, 5.74) is 8.83. The van der Waals surface area contributed by atoms with Crippen molar-refractivity contribution in [1.82, 2.24) is 9.97 Å². The summed E-state index contributed by atoms with van der Waals surface area (Å²) in [5, 5.41) is 0.783. The summed E-state index contributed by atoms with van der Waals surface area (Å²) in [6.07, 6.45) is 0. The number of nitrogens with one attached hydrogen (secondary N) is 1. The molecule has 0 aliphatic carbocycles. The summed E-state index contributed by atoms with van der Waals surface area (Å²) >= 11 is 12.0. The number of carbonyl (C=O) groups is 2. The molecule has 0 unspecified atom stereocenters. The second kappa shape index (κ2) is 7.11. The highest BCUT2D eigenvalue weighted by molar-refractivity contribution is 6.37. The third kappa shape index (κ3) is 3.38. The molecule has 1 aromatic heterocycles. The summed E-state index contributed by atoms with van der Waals surface area (Å²) in [6, 6.07) is 16.8. The van der Waals surface area contributed by atoms with Gasteiger partial charge in [0.05, 0.1) is 16.1 Å². The summed E-state index contributed by atoms with van der Waals surface area (Å²) in [7, 11) is 0. The lowest BCUT2D eigenvalue weighted by atomic mass is 10.0. The monoisotopic (exact) mass is 409 g/mol. The van der Waals surface area contributed by atoms with Gasteiger partial charge in [-0.05, 0) is 36.4 Å². The van der Waals surface area contributed by atoms with Crippen LogP contribution in [0.15, 0.2) is 60.7 Å². The second-order valence-corrected chi connectivity index (χ2v) is 7.06. The highest BCUT2D eigenvalue weighted by Crippen LogP contribution is 2.25. The molecule has 0 aliphatic heterocycles. The van der Waals surface area contributed by atoms with Crippen LogP contribution in [0.25, 0.3) is 22.4 Å². The predicted octanol–water partition coefficient (Wildman–Crippen LogP) is 4.87. The van der Waals surface area contributed by atoms with Crippen LogP contribution in [0, 0.1) is 0 Å². The molecular formula is C21H13Cl2N3O2. The van der Waals surface area contributed by atoms with Crippen molar-refractivity contribution in [3.63, 3.8) is 0 Å². The van der Waals surface area contributed by atoms with E-state index >= 15 is 0 Å². The molecule has 0 radical (unpaired) electrons. The lowest BCUT2D eigenvalue weighted by Gasteiger charge is -2.05. The molecule has 4 rings (SSSR count). The molecule has 0 bridgehead atoms. The minimum atomic E-state index is -0.498. The first kappa shape index (κ1) is 18.2. The molecule has 4 aromatic rings. The molecule has 7 heteroatoms. The standard InChI is InChI=1S/C21H13Cl2N3O2/c22-14-6-7-15(16(23)10-14)19(27)11-1-3-12(4-2-11)21-25-17-8-5-13(20(24)28)9-18(17)26-21/h1-10H,(H2,24,28)(H,25,26). The third-order valence-electron chi connectivity index (χ3n) is 4.36. The average molecular weight is 410 g/mol. The van der Waals surface area contributed by atoms with Crippen LogP contribution < -0.4 is 5.73 Å². The van der Waals surface area contributed by atoms with Crippen LogP contribution in [0.5, 0.6) is 0 Å². The molecule has 1 heterocycles. The van der Waals surface area contributed by atoms with Crippen molar-refractivity contribution in [2.45, 2.75) is 0 Å². The van der Waals surface area contributed by atoms with Gasteiger partial charge in [0, 0.05) is 27.3 Å². The Bertz CT molecular complexity index is 1230. The number of imidazole rings is 1. The quantitative estimate of drug-likeness (QED) is 0.471. The van der Waals surface area contributed by atoms with Gasteiger partial charge < -0.3 is 10.7 Å². The van der Waals surface area contributed by atoms with E-state index in [-0.39, 0.29) is 5.78 Å². The normalized spacial score (nSPS) is 10.9. The van der Waals surface area contributed by atoms with Gasteiger partial charge in [0.25, 0.3) is 0 Å². The molecule has 138 valence electrons. The fraction of sp³-hybridized carbons (Fsp3) is 0. The maximum Gasteiger partial charge on any atom is 0.248 e. The molecule has 3 aromatic carbocycles. The van der Waals surface area contributed by atoms with E-state index in [1.54, 1.807) is 60.7 Å². The molecule has 0 saturated heterocycles. The number of halogens is 2. The van der Waals surface area contributed by atoms with E-state index in [0.717, 1.165) is 5.56 Å². The Morgan fingerprint density at radius 1 is 0.893 bits per heavy atom. The van der Waals surface area contributed by atoms with Gasteiger partial charge in [-0.2, -0.15) is 0 Å². The Hall–Kier alpha value is -3.15. The maximum atomic E-state index is 12.7. The maximum absolute atomic E-state index is 12.7. The van der Waals surface area contributed by atoms with Gasteiger partial charge in [-0.15, -0.1) is 0 Å². The summed E-state index contributed by atoms with van der Waals surface area (Å²) < 4.78 is 0. The Kier molecular flexibility index (Phi) is 4.63. The number of nitrogens with zero attached hydrogens (tertiary/aromatic N) is 1. The number of amides is 1. The zero-order valence-electron chi connectivity index (χ0n) is 14.4. The van der Waals surface area contributed by atoms with E-state index in [4.69, 9.17) is 28.9 Å². The van der Waals surface area contributed by atoms with Crippen molar-refractivity contribution in [1.29, 1.82) is 0 Å². The first-order chi connectivity index (χ1) is 13.4. The number of H-pyrrole nitrogens is 1. The Morgan fingerprint density at radius 2 is 1.61 bits per heavy atom. The number of hydrogen-bond donors (Lipinski definition) is 2. The summed E-state index contributed by atoms with van der Waals surface area (Å²) in [5.74, 6) is -0.0640. The molecule has 3 N–H and O–H groups in total. The summed E-state index contributed by atoms with van der Waals surface area (Å²) in [4.78, 5) is 31.7. The number of carbonyl (C=O) groups excluding carboxylic acids is 2. The fourth-order valence-corrected chi connectivity index (χ4v) is 3.40. The number of ketones is 1. The number of fused-ring (bicyclic) bond motifs is 1. The van der Waals surface area contributed by atoms with Crippen LogP contribution in [0.3, 0.4) is 0 Å². The molecule has 1 amide bonds. The van der Waals surface area contributed by atoms with Gasteiger partial charge in [-0.1, -0.05) is 47.5 Å². The van der Waals surface area contributed by atoms with Crippen LogP contribution in [-0.4, -0.2) is 21.7 Å². The molecule has 0 atom stereocenters. The van der Waals surface area contributed by atoms with Crippen LogP contribution in [0.4, 0.5) is 0 Å². The van der Waals surface area contributed by atoms with Crippen LogP contribution >= 0.6 is 23.2 Å². The van der Waals surface area contributed by atoms with Gasteiger partial charge in [-0.25, -0.2) is 4.98 Å². The largest absolute Gasteiger partial charge is 0.366 e. The van der Waals surface area contributed by atoms with E-state index in [1.165, 1.54) is 0 Å². The molecular weight excluding hydrogens is 397 g/mol. The van der Waals surface area contributed by atoms with Gasteiger partial charge in [-0.3, -0.25) is 9.59 Å². The lowest BCUT2D eigenvalue weighted by Crippen LogP contribution is -2.10. The number of nitrogens with two attached hydrogens (primary N) is 1. The number of aromatic amines is 1. The zero-order chi connectivity index (χ0) is 19.8. The van der Waals surface area contributed by atoms with Crippen molar-refractivity contribution >= 4 is 45.9 Å². The SMILES string of the molecule is NC(=O)c1ccc2nc(-c3ccc(C(=O)c4ccc(Cl)cc4Cl)cc3)[nH]c2c1. The van der Waals surface area contributed by atoms with Crippen LogP contribution in [-0.2, 0) is 0 Å². The van der Waals surface area contributed by atoms with Crippen LogP contribution in [0.2, 0.25) is 10.0 Å². The second-order valence-electron chi connectivity index (χ2n) is 6.21. The Labute approximate surface area is 170 Å². The average Bonchev–Trinajstić information content (AvgIpc) is 3.11. The number of benzene rings is 3. The van der Waals surface area contributed by atoms with Gasteiger partial charge in [0.2, 0.25) is 5.91 Å². The number of primary amides is 1. The topological polar surface area (TPSA) is 88.8 Å². The van der Waals surface area contributed by atoms with Gasteiger partial charge in [0.15, 0.2) is 5.78 Å². The first-order valence-electron chi connectivity index (χ1n) is 8.32. The smallest absolute Gasteiger partial charge is 0.248 e. The van der Waals surface area contributed by atoms with Crippen LogP contribution in [0.1, 0.15) is 26.3 Å². The summed E-state index contributed by atoms with van der Waals surface area (Å²) in [6.45, 7) is 0. The molecule has 0 fully saturated rings. The van der Waals surface area contributed by atoms with E-state index in [2.05, 4.69) is 9.97 Å². The molecule has 5 nitrogen and oxygen atoms in total. The molecule has 0 aliphatic rings.